The predicted octanol–water partition coefficient (Wildman–Crippen LogP) is 0.197. The third-order valence-corrected chi connectivity index (χ3v) is 4.09. The number of carboxylic acid groups (broad SMARTS) is 1. The highest BCUT2D eigenvalue weighted by Gasteiger charge is 2.13. The molecule has 0 spiro atoms. The Morgan fingerprint density at radius 1 is 1.15 bits per heavy atom. The maximum absolute atomic E-state index is 10.7. The van der Waals surface area contributed by atoms with E-state index >= 15 is 0 Å². The number of aliphatic hydroxyl groups excluding tert-OH is 2. The number of nitrogens with two attached hydrogens (primary N) is 1. The minimum absolute atomic E-state index is 0.235. The van der Waals surface area contributed by atoms with Gasteiger partial charge in [-0.25, -0.2) is 9.97 Å². The maximum atomic E-state index is 10.7. The van der Waals surface area contributed by atoms with Crippen LogP contribution in [0.4, 0.5) is 0 Å². The summed E-state index contributed by atoms with van der Waals surface area (Å²) in [5.74, 6) is -0.975. The number of carboxylic acids is 1. The molecule has 0 amide bonds. The van der Waals surface area contributed by atoms with Gasteiger partial charge in [0.25, 0.3) is 0 Å². The number of aliphatic carboxylic acids is 1. The number of para-hydroxylation sites is 2. The van der Waals surface area contributed by atoms with Gasteiger partial charge in [0.1, 0.15) is 6.04 Å². The van der Waals surface area contributed by atoms with Crippen LogP contribution < -0.4 is 11.1 Å². The summed E-state index contributed by atoms with van der Waals surface area (Å²) >= 11 is 0. The van der Waals surface area contributed by atoms with Crippen molar-refractivity contribution < 1.29 is 20.1 Å². The molecule has 8 nitrogen and oxygen atoms in total. The molecule has 2 rings (SSSR count). The lowest BCUT2D eigenvalue weighted by Crippen LogP contribution is -2.30. The van der Waals surface area contributed by atoms with Crippen molar-refractivity contribution in [3.63, 3.8) is 0 Å². The van der Waals surface area contributed by atoms with Crippen molar-refractivity contribution in [2.75, 3.05) is 13.2 Å². The number of unbranched alkanes of at least 4 members (excludes halogenated alkanes) is 1. The van der Waals surface area contributed by atoms with Crippen molar-refractivity contribution in [1.82, 2.24) is 15.3 Å². The average Bonchev–Trinajstić information content (AvgIpc) is 2.64. The molecule has 26 heavy (non-hydrogen) atoms. The minimum Gasteiger partial charge on any atom is -0.480 e. The third kappa shape index (κ3) is 5.99. The second-order valence-corrected chi connectivity index (χ2v) is 6.26. The summed E-state index contributed by atoms with van der Waals surface area (Å²) < 4.78 is 0. The summed E-state index contributed by atoms with van der Waals surface area (Å²) in [6.07, 6.45) is 1.33. The lowest BCUT2D eigenvalue weighted by molar-refractivity contribution is -0.138. The Morgan fingerprint density at radius 3 is 2.42 bits per heavy atom. The van der Waals surface area contributed by atoms with E-state index in [2.05, 4.69) is 15.3 Å². The fourth-order valence-electron chi connectivity index (χ4n) is 2.61. The standard InChI is InChI=1S/C18H26N4O4/c19-13(18(25)26)5-3-4-8-20-10-17-16(9-12(24)11-23)21-14-6-1-2-7-15(14)22-17/h1-2,6-7,12-13,20,23-24H,3-5,8-11,19H2,(H,25,26)/t12-,13-/m0/s1. The van der Waals surface area contributed by atoms with E-state index in [1.807, 2.05) is 24.3 Å². The van der Waals surface area contributed by atoms with E-state index in [4.69, 9.17) is 15.9 Å². The lowest BCUT2D eigenvalue weighted by Gasteiger charge is -2.13. The zero-order valence-electron chi connectivity index (χ0n) is 14.6. The van der Waals surface area contributed by atoms with Gasteiger partial charge in [0, 0.05) is 13.0 Å². The predicted molar refractivity (Wildman–Crippen MR) is 97.5 cm³/mol. The van der Waals surface area contributed by atoms with E-state index in [0.29, 0.717) is 25.2 Å². The second kappa shape index (κ2) is 10.1. The number of rotatable bonds is 11. The molecular weight excluding hydrogens is 336 g/mol. The minimum atomic E-state index is -0.975. The number of benzene rings is 1. The number of nitrogens with zero attached hydrogens (tertiary/aromatic N) is 2. The Labute approximate surface area is 152 Å². The normalized spacial score (nSPS) is 13.7. The first-order valence-corrected chi connectivity index (χ1v) is 8.73. The third-order valence-electron chi connectivity index (χ3n) is 4.09. The smallest absolute Gasteiger partial charge is 0.320 e. The van der Waals surface area contributed by atoms with E-state index in [1.54, 1.807) is 0 Å². The van der Waals surface area contributed by atoms with Gasteiger partial charge in [-0.05, 0) is 31.5 Å². The van der Waals surface area contributed by atoms with Crippen molar-refractivity contribution in [3.05, 3.63) is 35.7 Å². The Morgan fingerprint density at radius 2 is 1.81 bits per heavy atom. The second-order valence-electron chi connectivity index (χ2n) is 6.26. The number of hydrogen-bond donors (Lipinski definition) is 5. The molecule has 1 aromatic carbocycles. The first-order chi connectivity index (χ1) is 12.5. The molecule has 0 aliphatic carbocycles. The lowest BCUT2D eigenvalue weighted by atomic mass is 10.1. The van der Waals surface area contributed by atoms with Crippen molar-refractivity contribution in [1.29, 1.82) is 0 Å². The van der Waals surface area contributed by atoms with Gasteiger partial charge in [-0.3, -0.25) is 4.79 Å². The van der Waals surface area contributed by atoms with Crippen LogP contribution >= 0.6 is 0 Å². The Bertz CT molecular complexity index is 725. The molecule has 2 aromatic rings. The topological polar surface area (TPSA) is 142 Å². The molecule has 142 valence electrons. The van der Waals surface area contributed by atoms with Gasteiger partial charge in [0.2, 0.25) is 0 Å². The van der Waals surface area contributed by atoms with Crippen LogP contribution in [-0.4, -0.2) is 56.6 Å². The van der Waals surface area contributed by atoms with Crippen molar-refractivity contribution in [3.8, 4) is 0 Å². The van der Waals surface area contributed by atoms with Gasteiger partial charge < -0.3 is 26.4 Å². The first-order valence-electron chi connectivity index (χ1n) is 8.73. The molecule has 0 bridgehead atoms. The highest BCUT2D eigenvalue weighted by atomic mass is 16.4. The monoisotopic (exact) mass is 362 g/mol. The Hall–Kier alpha value is -2.13. The molecule has 0 fully saturated rings. The molecule has 2 atom stereocenters. The van der Waals surface area contributed by atoms with Crippen molar-refractivity contribution in [2.45, 2.75) is 44.4 Å². The average molecular weight is 362 g/mol. The summed E-state index contributed by atoms with van der Waals surface area (Å²) in [6, 6.07) is 6.70. The van der Waals surface area contributed by atoms with Gasteiger partial charge in [-0.2, -0.15) is 0 Å². The molecule has 0 aliphatic heterocycles. The largest absolute Gasteiger partial charge is 0.480 e. The number of hydrogen-bond acceptors (Lipinski definition) is 7. The molecular formula is C18H26N4O4. The molecule has 0 saturated carbocycles. The number of nitrogens with one attached hydrogen (secondary N) is 1. The Balaban J connectivity index is 1.94. The highest BCUT2D eigenvalue weighted by molar-refractivity contribution is 5.74. The molecule has 8 heteroatoms. The number of fused-ring (bicyclic) bond motifs is 1. The molecule has 0 unspecified atom stereocenters. The summed E-state index contributed by atoms with van der Waals surface area (Å²) in [6.45, 7) is 0.852. The van der Waals surface area contributed by atoms with Crippen molar-refractivity contribution in [2.24, 2.45) is 5.73 Å². The maximum Gasteiger partial charge on any atom is 0.320 e. The Kier molecular flexibility index (Phi) is 7.86. The van der Waals surface area contributed by atoms with Crippen LogP contribution in [0.15, 0.2) is 24.3 Å². The van der Waals surface area contributed by atoms with Crippen LogP contribution in [0, 0.1) is 0 Å². The zero-order chi connectivity index (χ0) is 18.9. The van der Waals surface area contributed by atoms with Gasteiger partial charge in [-0.1, -0.05) is 18.6 Å². The van der Waals surface area contributed by atoms with Gasteiger partial charge >= 0.3 is 5.97 Å². The van der Waals surface area contributed by atoms with Gasteiger partial charge in [-0.15, -0.1) is 0 Å². The summed E-state index contributed by atoms with van der Waals surface area (Å²) in [7, 11) is 0. The highest BCUT2D eigenvalue weighted by Crippen LogP contribution is 2.14. The summed E-state index contributed by atoms with van der Waals surface area (Å²) in [5.41, 5.74) is 8.39. The van der Waals surface area contributed by atoms with Gasteiger partial charge in [0.15, 0.2) is 0 Å². The van der Waals surface area contributed by atoms with E-state index in [9.17, 15) is 9.90 Å². The van der Waals surface area contributed by atoms with Crippen LogP contribution in [0.25, 0.3) is 11.0 Å². The molecule has 0 saturated heterocycles. The van der Waals surface area contributed by atoms with Crippen molar-refractivity contribution >= 4 is 17.0 Å². The van der Waals surface area contributed by atoms with Crippen LogP contribution in [0.1, 0.15) is 30.7 Å². The molecule has 0 radical (unpaired) electrons. The molecule has 1 aromatic heterocycles. The van der Waals surface area contributed by atoms with Gasteiger partial charge in [0.05, 0.1) is 35.1 Å². The SMILES string of the molecule is N[C@@H](CCCCNCc1nc2ccccc2nc1C[C@H](O)CO)C(=O)O. The quantitative estimate of drug-likeness (QED) is 0.357. The zero-order valence-corrected chi connectivity index (χ0v) is 14.6. The van der Waals surface area contributed by atoms with E-state index in [1.165, 1.54) is 0 Å². The van der Waals surface area contributed by atoms with Crippen LogP contribution in [0.5, 0.6) is 0 Å². The van der Waals surface area contributed by atoms with Crippen LogP contribution in [0.2, 0.25) is 0 Å². The van der Waals surface area contributed by atoms with Crippen LogP contribution in [-0.2, 0) is 17.8 Å². The first kappa shape index (κ1) is 20.2. The fourth-order valence-corrected chi connectivity index (χ4v) is 2.61. The number of aromatic nitrogens is 2. The van der Waals surface area contributed by atoms with E-state index in [-0.39, 0.29) is 13.0 Å². The molecule has 0 aliphatic rings. The summed E-state index contributed by atoms with van der Waals surface area (Å²) in [5, 5.41) is 30.9. The summed E-state index contributed by atoms with van der Waals surface area (Å²) in [4.78, 5) is 19.8. The number of aliphatic hydroxyl groups is 2. The molecule has 6 N–H and O–H groups in total. The fraction of sp³-hybridized carbons (Fsp3) is 0.500. The number of carbonyl (C=O) groups is 1. The molecule has 1 heterocycles. The van der Waals surface area contributed by atoms with E-state index < -0.39 is 18.1 Å². The van der Waals surface area contributed by atoms with E-state index in [0.717, 1.165) is 29.6 Å². The van der Waals surface area contributed by atoms with Crippen LogP contribution in [0.3, 0.4) is 0 Å².